The minimum atomic E-state index is -0.857. The van der Waals surface area contributed by atoms with E-state index in [-0.39, 0.29) is 5.82 Å². The highest BCUT2D eigenvalue weighted by atomic mass is 19.1. The zero-order valence-electron chi connectivity index (χ0n) is 12.6. The molecule has 0 aromatic carbocycles. The number of aromatic nitrogens is 4. The summed E-state index contributed by atoms with van der Waals surface area (Å²) in [5.74, 6) is -0.314. The van der Waals surface area contributed by atoms with Crippen molar-refractivity contribution in [1.29, 1.82) is 0 Å². The van der Waals surface area contributed by atoms with Gasteiger partial charge in [0.1, 0.15) is 29.0 Å². The van der Waals surface area contributed by atoms with Gasteiger partial charge in [-0.2, -0.15) is 0 Å². The highest BCUT2D eigenvalue weighted by Crippen LogP contribution is 2.26. The molecule has 0 unspecified atom stereocenters. The Hall–Kier alpha value is -3.03. The Morgan fingerprint density at radius 1 is 1.29 bits per heavy atom. The second-order valence-corrected chi connectivity index (χ2v) is 5.65. The summed E-state index contributed by atoms with van der Waals surface area (Å²) in [7, 11) is 0. The number of carboxylic acid groups (broad SMARTS) is 1. The van der Waals surface area contributed by atoms with Gasteiger partial charge in [0.15, 0.2) is 5.82 Å². The van der Waals surface area contributed by atoms with Crippen molar-refractivity contribution in [2.75, 3.05) is 11.4 Å². The van der Waals surface area contributed by atoms with Crippen molar-refractivity contribution in [3.8, 4) is 11.5 Å². The number of carboxylic acids is 1. The smallest absolute Gasteiger partial charge is 0.326 e. The molecular formula is C16H14FN5O2. The lowest BCUT2D eigenvalue weighted by molar-refractivity contribution is -0.138. The van der Waals surface area contributed by atoms with E-state index in [1.54, 1.807) is 33.8 Å². The van der Waals surface area contributed by atoms with Crippen molar-refractivity contribution in [3.05, 3.63) is 42.6 Å². The third-order valence-corrected chi connectivity index (χ3v) is 4.17. The number of anilines is 1. The van der Waals surface area contributed by atoms with E-state index in [4.69, 9.17) is 0 Å². The zero-order valence-corrected chi connectivity index (χ0v) is 12.6. The van der Waals surface area contributed by atoms with Gasteiger partial charge >= 0.3 is 5.97 Å². The van der Waals surface area contributed by atoms with Gasteiger partial charge in [0, 0.05) is 18.9 Å². The molecule has 122 valence electrons. The van der Waals surface area contributed by atoms with Gasteiger partial charge in [0.05, 0.1) is 6.20 Å². The van der Waals surface area contributed by atoms with E-state index in [9.17, 15) is 14.3 Å². The van der Waals surface area contributed by atoms with Crippen molar-refractivity contribution < 1.29 is 14.3 Å². The summed E-state index contributed by atoms with van der Waals surface area (Å²) in [6.45, 7) is 0.634. The second-order valence-electron chi connectivity index (χ2n) is 5.65. The van der Waals surface area contributed by atoms with Gasteiger partial charge in [-0.15, -0.1) is 0 Å². The van der Waals surface area contributed by atoms with E-state index >= 15 is 0 Å². The number of hydrogen-bond donors (Lipinski definition) is 1. The topological polar surface area (TPSA) is 83.6 Å². The van der Waals surface area contributed by atoms with Crippen LogP contribution in [-0.2, 0) is 4.79 Å². The van der Waals surface area contributed by atoms with Gasteiger partial charge in [-0.05, 0) is 31.0 Å². The molecule has 4 heterocycles. The molecule has 8 heteroatoms. The molecule has 0 bridgehead atoms. The molecule has 3 aromatic rings. The highest BCUT2D eigenvalue weighted by molar-refractivity contribution is 5.78. The number of pyridine rings is 1. The summed E-state index contributed by atoms with van der Waals surface area (Å²) in [5.41, 5.74) is 1.14. The van der Waals surface area contributed by atoms with Crippen LogP contribution >= 0.6 is 0 Å². The number of nitrogens with zero attached hydrogens (tertiary/aromatic N) is 5. The molecule has 0 spiro atoms. The van der Waals surface area contributed by atoms with Crippen LogP contribution in [0.5, 0.6) is 0 Å². The number of aliphatic carboxylic acids is 1. The molecule has 1 atom stereocenters. The summed E-state index contributed by atoms with van der Waals surface area (Å²) >= 11 is 0. The SMILES string of the molecule is O=C(O)[C@@H]1CCCN1c1ccnc(-c2cnc3ccc(F)cn23)n1. The Labute approximate surface area is 136 Å². The predicted octanol–water partition coefficient (Wildman–Crippen LogP) is 1.98. The van der Waals surface area contributed by atoms with Crippen LogP contribution < -0.4 is 4.90 Å². The third kappa shape index (κ3) is 2.36. The van der Waals surface area contributed by atoms with E-state index in [1.807, 2.05) is 0 Å². The summed E-state index contributed by atoms with van der Waals surface area (Å²) in [6.07, 6.45) is 5.87. The Balaban J connectivity index is 1.77. The van der Waals surface area contributed by atoms with Crippen LogP contribution in [-0.4, -0.2) is 43.0 Å². The average molecular weight is 327 g/mol. The van der Waals surface area contributed by atoms with Crippen molar-refractivity contribution in [2.24, 2.45) is 0 Å². The van der Waals surface area contributed by atoms with E-state index in [2.05, 4.69) is 15.0 Å². The lowest BCUT2D eigenvalue weighted by Crippen LogP contribution is -2.36. The molecule has 1 saturated heterocycles. The first-order valence-corrected chi connectivity index (χ1v) is 7.59. The van der Waals surface area contributed by atoms with E-state index in [0.29, 0.717) is 35.9 Å². The predicted molar refractivity (Wildman–Crippen MR) is 84.2 cm³/mol. The minimum absolute atomic E-state index is 0.377. The Morgan fingerprint density at radius 3 is 3.00 bits per heavy atom. The number of rotatable bonds is 3. The summed E-state index contributed by atoms with van der Waals surface area (Å²) in [5, 5.41) is 9.33. The Kier molecular flexibility index (Phi) is 3.37. The number of carbonyl (C=O) groups is 1. The fraction of sp³-hybridized carbons (Fsp3) is 0.250. The van der Waals surface area contributed by atoms with Gasteiger partial charge in [-0.3, -0.25) is 4.40 Å². The standard InChI is InChI=1S/C16H14FN5O2/c17-10-3-4-13-19-8-12(22(13)9-10)15-18-6-5-14(20-15)21-7-1-2-11(21)16(23)24/h3-6,8-9,11H,1-2,7H2,(H,23,24)/t11-/m0/s1. The first-order chi connectivity index (χ1) is 11.6. The molecule has 0 radical (unpaired) electrons. The molecule has 0 aliphatic carbocycles. The fourth-order valence-corrected chi connectivity index (χ4v) is 3.05. The van der Waals surface area contributed by atoms with Crippen LogP contribution in [0.25, 0.3) is 17.2 Å². The van der Waals surface area contributed by atoms with Crippen LogP contribution in [0.1, 0.15) is 12.8 Å². The average Bonchev–Trinajstić information content (AvgIpc) is 3.21. The molecule has 1 aliphatic heterocycles. The maximum atomic E-state index is 13.5. The van der Waals surface area contributed by atoms with Crippen LogP contribution in [0.15, 0.2) is 36.8 Å². The van der Waals surface area contributed by atoms with Gasteiger partial charge in [-0.25, -0.2) is 24.1 Å². The zero-order chi connectivity index (χ0) is 16.7. The summed E-state index contributed by atoms with van der Waals surface area (Å²) in [6, 6.07) is 4.02. The van der Waals surface area contributed by atoms with Gasteiger partial charge in [-0.1, -0.05) is 0 Å². The first-order valence-electron chi connectivity index (χ1n) is 7.59. The van der Waals surface area contributed by atoms with Crippen LogP contribution in [0.2, 0.25) is 0 Å². The highest BCUT2D eigenvalue weighted by Gasteiger charge is 2.31. The molecule has 24 heavy (non-hydrogen) atoms. The van der Waals surface area contributed by atoms with Crippen LogP contribution in [0.4, 0.5) is 10.2 Å². The molecule has 3 aromatic heterocycles. The second kappa shape index (κ2) is 5.55. The first kappa shape index (κ1) is 14.6. The number of halogens is 1. The largest absolute Gasteiger partial charge is 0.480 e. The number of fused-ring (bicyclic) bond motifs is 1. The number of imidazole rings is 1. The maximum absolute atomic E-state index is 13.5. The van der Waals surface area contributed by atoms with Crippen molar-refractivity contribution in [3.63, 3.8) is 0 Å². The van der Waals surface area contributed by atoms with E-state index in [0.717, 1.165) is 6.42 Å². The third-order valence-electron chi connectivity index (χ3n) is 4.17. The maximum Gasteiger partial charge on any atom is 0.326 e. The molecule has 1 N–H and O–H groups in total. The molecule has 0 amide bonds. The van der Waals surface area contributed by atoms with Crippen molar-refractivity contribution in [2.45, 2.75) is 18.9 Å². The molecule has 7 nitrogen and oxygen atoms in total. The minimum Gasteiger partial charge on any atom is -0.480 e. The van der Waals surface area contributed by atoms with Gasteiger partial charge < -0.3 is 10.0 Å². The van der Waals surface area contributed by atoms with E-state index < -0.39 is 12.0 Å². The Morgan fingerprint density at radius 2 is 2.17 bits per heavy atom. The van der Waals surface area contributed by atoms with Crippen LogP contribution in [0, 0.1) is 5.82 Å². The molecular weight excluding hydrogens is 313 g/mol. The van der Waals surface area contributed by atoms with Gasteiger partial charge in [0.25, 0.3) is 0 Å². The monoisotopic (exact) mass is 327 g/mol. The molecule has 4 rings (SSSR count). The van der Waals surface area contributed by atoms with Crippen molar-refractivity contribution >= 4 is 17.4 Å². The van der Waals surface area contributed by atoms with E-state index in [1.165, 1.54) is 12.3 Å². The molecule has 0 saturated carbocycles. The van der Waals surface area contributed by atoms with Crippen LogP contribution in [0.3, 0.4) is 0 Å². The fourth-order valence-electron chi connectivity index (χ4n) is 3.05. The summed E-state index contributed by atoms with van der Waals surface area (Å²) < 4.78 is 15.1. The quantitative estimate of drug-likeness (QED) is 0.792. The normalized spacial score (nSPS) is 17.5. The van der Waals surface area contributed by atoms with Crippen molar-refractivity contribution in [1.82, 2.24) is 19.4 Å². The van der Waals surface area contributed by atoms with Gasteiger partial charge in [0.2, 0.25) is 0 Å². The number of hydrogen-bond acceptors (Lipinski definition) is 5. The molecule has 1 fully saturated rings. The molecule has 1 aliphatic rings. The lowest BCUT2D eigenvalue weighted by Gasteiger charge is -2.22. The lowest BCUT2D eigenvalue weighted by atomic mass is 10.2. The summed E-state index contributed by atoms with van der Waals surface area (Å²) in [4.78, 5) is 26.1. The Bertz CT molecular complexity index is 926.